The maximum atomic E-state index is 13.7. The van der Waals surface area contributed by atoms with Gasteiger partial charge in [-0.3, -0.25) is 23.9 Å². The Morgan fingerprint density at radius 1 is 1.00 bits per heavy atom. The number of aromatic nitrogens is 3. The Morgan fingerprint density at radius 2 is 1.70 bits per heavy atom. The number of halogens is 2. The number of carbonyl (C=O) groups excluding carboxylic acids is 3. The zero-order valence-corrected chi connectivity index (χ0v) is 27.9. The number of piperazine rings is 1. The van der Waals surface area contributed by atoms with Gasteiger partial charge < -0.3 is 14.5 Å². The van der Waals surface area contributed by atoms with Crippen molar-refractivity contribution in [2.45, 2.75) is 33.2 Å². The predicted molar refractivity (Wildman–Crippen MR) is 177 cm³/mol. The molecule has 6 rings (SSSR count). The van der Waals surface area contributed by atoms with Gasteiger partial charge in [0.2, 0.25) is 11.8 Å². The second-order valence-corrected chi connectivity index (χ2v) is 13.0. The summed E-state index contributed by atoms with van der Waals surface area (Å²) in [6, 6.07) is 10.5. The van der Waals surface area contributed by atoms with Crippen LogP contribution in [0.15, 0.2) is 59.6 Å². The van der Waals surface area contributed by atoms with Crippen molar-refractivity contribution in [2.24, 2.45) is 4.99 Å². The summed E-state index contributed by atoms with van der Waals surface area (Å²) < 4.78 is 20.6. The molecule has 1 saturated heterocycles. The molecule has 1 atom stereocenters. The zero-order valence-electron chi connectivity index (χ0n) is 26.3. The first-order valence-corrected chi connectivity index (χ1v) is 16.2. The van der Waals surface area contributed by atoms with Crippen molar-refractivity contribution in [3.05, 3.63) is 104 Å². The van der Waals surface area contributed by atoms with E-state index >= 15 is 0 Å². The van der Waals surface area contributed by atoms with E-state index in [9.17, 15) is 18.8 Å². The summed E-state index contributed by atoms with van der Waals surface area (Å²) in [5, 5.41) is 10.4. The molecule has 2 amide bonds. The molecule has 2 aromatic heterocycles. The molecule has 4 aromatic rings. The van der Waals surface area contributed by atoms with E-state index in [0.717, 1.165) is 50.5 Å². The van der Waals surface area contributed by atoms with E-state index in [0.29, 0.717) is 42.9 Å². The number of hydrogen-bond acceptors (Lipinski definition) is 8. The number of rotatable bonds is 7. The third kappa shape index (κ3) is 6.35. The molecule has 2 aliphatic heterocycles. The number of thiophene rings is 1. The van der Waals surface area contributed by atoms with E-state index in [1.807, 2.05) is 35.8 Å². The van der Waals surface area contributed by atoms with E-state index in [1.165, 1.54) is 19.3 Å². The summed E-state index contributed by atoms with van der Waals surface area (Å²) in [7, 11) is 1.34. The number of ether oxygens (including phenoxy) is 1. The molecule has 0 bridgehead atoms. The number of aliphatic imine (C=N–C) groups is 1. The molecule has 10 nitrogen and oxygen atoms in total. The van der Waals surface area contributed by atoms with E-state index in [2.05, 4.69) is 24.0 Å². The van der Waals surface area contributed by atoms with Crippen LogP contribution in [0.4, 0.5) is 4.39 Å². The normalized spacial score (nSPS) is 16.0. The fourth-order valence-corrected chi connectivity index (χ4v) is 7.15. The Bertz CT molecular complexity index is 1940. The summed E-state index contributed by atoms with van der Waals surface area (Å²) in [6.07, 6.45) is 2.42. The van der Waals surface area contributed by atoms with Gasteiger partial charge in [-0.25, -0.2) is 4.39 Å². The Labute approximate surface area is 280 Å². The highest BCUT2D eigenvalue weighted by Gasteiger charge is 2.34. The number of methoxy groups -OCH3 is 1. The number of fused-ring (bicyclic) bond motifs is 3. The standard InChI is InChI=1S/C34H32ClFN6O4S/c1-19-20(2)47-34-31(19)32(22-5-7-23(35)8-6-22)37-26(33-39-38-21(3)42(33)34)18-30(45)41-15-13-40(14-16-41)29(44)12-11-27(43)25-10-9-24(36)17-28(25)46-4/h5-12,17,26H,13-16,18H2,1-4H3/b12-11+/t26-/m0/s1. The van der Waals surface area contributed by atoms with Crippen molar-refractivity contribution >= 4 is 46.2 Å². The van der Waals surface area contributed by atoms with E-state index in [-0.39, 0.29) is 29.5 Å². The number of aryl methyl sites for hydroxylation is 2. The fourth-order valence-electron chi connectivity index (χ4n) is 5.81. The minimum atomic E-state index is -0.592. The Kier molecular flexibility index (Phi) is 9.07. The summed E-state index contributed by atoms with van der Waals surface area (Å²) in [5.74, 6) is -0.0700. The quantitative estimate of drug-likeness (QED) is 0.191. The molecule has 13 heteroatoms. The molecule has 242 valence electrons. The van der Waals surface area contributed by atoms with Crippen LogP contribution in [0.2, 0.25) is 5.02 Å². The van der Waals surface area contributed by atoms with Crippen molar-refractivity contribution in [3.63, 3.8) is 0 Å². The molecule has 47 heavy (non-hydrogen) atoms. The van der Waals surface area contributed by atoms with Gasteiger partial charge in [0, 0.05) is 59.3 Å². The number of benzene rings is 2. The van der Waals surface area contributed by atoms with Gasteiger partial charge in [-0.1, -0.05) is 23.7 Å². The van der Waals surface area contributed by atoms with E-state index in [1.54, 1.807) is 21.1 Å². The maximum absolute atomic E-state index is 13.7. The average molecular weight is 675 g/mol. The highest BCUT2D eigenvalue weighted by molar-refractivity contribution is 7.15. The van der Waals surface area contributed by atoms with Crippen LogP contribution in [-0.2, 0) is 9.59 Å². The smallest absolute Gasteiger partial charge is 0.246 e. The highest BCUT2D eigenvalue weighted by atomic mass is 35.5. The average Bonchev–Trinajstić information content (AvgIpc) is 3.55. The third-order valence-electron chi connectivity index (χ3n) is 8.48. The second kappa shape index (κ2) is 13.2. The monoisotopic (exact) mass is 674 g/mol. The number of hydrogen-bond donors (Lipinski definition) is 0. The molecule has 2 aliphatic rings. The minimum Gasteiger partial charge on any atom is -0.496 e. The molecule has 4 heterocycles. The molecule has 0 saturated carbocycles. The van der Waals surface area contributed by atoms with Gasteiger partial charge in [0.15, 0.2) is 11.6 Å². The van der Waals surface area contributed by atoms with Gasteiger partial charge >= 0.3 is 0 Å². The van der Waals surface area contributed by atoms with Crippen molar-refractivity contribution in [1.82, 2.24) is 24.6 Å². The molecule has 0 radical (unpaired) electrons. The first kappa shape index (κ1) is 32.3. The first-order valence-electron chi connectivity index (χ1n) is 15.0. The lowest BCUT2D eigenvalue weighted by molar-refractivity contribution is -0.137. The summed E-state index contributed by atoms with van der Waals surface area (Å²) in [4.78, 5) is 48.9. The summed E-state index contributed by atoms with van der Waals surface area (Å²) in [5.41, 5.74) is 3.92. The van der Waals surface area contributed by atoms with E-state index < -0.39 is 17.6 Å². The largest absolute Gasteiger partial charge is 0.496 e. The van der Waals surface area contributed by atoms with Gasteiger partial charge in [0.25, 0.3) is 0 Å². The lowest BCUT2D eigenvalue weighted by atomic mass is 9.99. The maximum Gasteiger partial charge on any atom is 0.246 e. The summed E-state index contributed by atoms with van der Waals surface area (Å²) >= 11 is 7.86. The van der Waals surface area contributed by atoms with Gasteiger partial charge in [0.05, 0.1) is 24.8 Å². The predicted octanol–water partition coefficient (Wildman–Crippen LogP) is 5.45. The van der Waals surface area contributed by atoms with Crippen LogP contribution in [-0.4, -0.2) is 81.2 Å². The van der Waals surface area contributed by atoms with Crippen LogP contribution in [0.3, 0.4) is 0 Å². The van der Waals surface area contributed by atoms with Crippen molar-refractivity contribution in [2.75, 3.05) is 33.3 Å². The fraction of sp³-hybridized carbons (Fsp3) is 0.294. The molecular formula is C34H32ClFN6O4S. The Morgan fingerprint density at radius 3 is 2.40 bits per heavy atom. The van der Waals surface area contributed by atoms with Crippen LogP contribution in [0.25, 0.3) is 5.00 Å². The molecule has 0 aliphatic carbocycles. The Hall–Kier alpha value is -4.68. The number of ketones is 1. The van der Waals surface area contributed by atoms with Crippen LogP contribution in [0, 0.1) is 26.6 Å². The van der Waals surface area contributed by atoms with Crippen LogP contribution < -0.4 is 4.74 Å². The number of nitrogens with zero attached hydrogens (tertiary/aromatic N) is 6. The van der Waals surface area contributed by atoms with Gasteiger partial charge in [-0.2, -0.15) is 0 Å². The first-order chi connectivity index (χ1) is 22.5. The second-order valence-electron chi connectivity index (χ2n) is 11.4. The lowest BCUT2D eigenvalue weighted by Gasteiger charge is -2.34. The van der Waals surface area contributed by atoms with Crippen LogP contribution in [0.5, 0.6) is 5.75 Å². The van der Waals surface area contributed by atoms with Crippen molar-refractivity contribution in [1.29, 1.82) is 0 Å². The van der Waals surface area contributed by atoms with Gasteiger partial charge in [0.1, 0.15) is 28.4 Å². The Balaban J connectivity index is 1.18. The number of amides is 2. The lowest BCUT2D eigenvalue weighted by Crippen LogP contribution is -2.50. The van der Waals surface area contributed by atoms with Gasteiger partial charge in [-0.15, -0.1) is 21.5 Å². The molecule has 0 spiro atoms. The minimum absolute atomic E-state index is 0.0735. The topological polar surface area (TPSA) is 110 Å². The summed E-state index contributed by atoms with van der Waals surface area (Å²) in [6.45, 7) is 7.31. The molecular weight excluding hydrogens is 643 g/mol. The van der Waals surface area contributed by atoms with Crippen LogP contribution >= 0.6 is 22.9 Å². The van der Waals surface area contributed by atoms with Crippen molar-refractivity contribution < 1.29 is 23.5 Å². The number of allylic oxidation sites excluding steroid dienone is 1. The third-order valence-corrected chi connectivity index (χ3v) is 9.92. The zero-order chi connectivity index (χ0) is 33.4. The molecule has 2 aromatic carbocycles. The molecule has 1 fully saturated rings. The number of carbonyl (C=O) groups is 3. The van der Waals surface area contributed by atoms with E-state index in [4.69, 9.17) is 21.3 Å². The highest BCUT2D eigenvalue weighted by Crippen LogP contribution is 2.39. The molecule has 0 N–H and O–H groups in total. The SMILES string of the molecule is COc1cc(F)ccc1C(=O)/C=C/C(=O)N1CCN(C(=O)C[C@@H]2N=C(c3ccc(Cl)cc3)c3c(sc(C)c3C)-n3c(C)nnc32)CC1. The van der Waals surface area contributed by atoms with Gasteiger partial charge in [-0.05, 0) is 56.7 Å². The van der Waals surface area contributed by atoms with Crippen LogP contribution in [0.1, 0.15) is 56.0 Å². The van der Waals surface area contributed by atoms with Crippen molar-refractivity contribution in [3.8, 4) is 10.8 Å². The molecule has 0 unspecified atom stereocenters.